The number of nitrogens with zero attached hydrogens (tertiary/aromatic N) is 2. The molecule has 0 radical (unpaired) electrons. The predicted octanol–water partition coefficient (Wildman–Crippen LogP) is 2.49. The molecule has 0 aliphatic carbocycles. The van der Waals surface area contributed by atoms with Crippen LogP contribution in [0, 0.1) is 26.7 Å². The molecule has 0 N–H and O–H groups in total. The number of carbonyl (C=O) groups excluding carboxylic acids is 1. The lowest BCUT2D eigenvalue weighted by Crippen LogP contribution is -2.39. The van der Waals surface area contributed by atoms with Gasteiger partial charge in [-0.15, -0.1) is 0 Å². The van der Waals surface area contributed by atoms with Crippen LogP contribution in [-0.2, 0) is 14.8 Å². The van der Waals surface area contributed by atoms with Crippen molar-refractivity contribution in [2.24, 2.45) is 5.92 Å². The maximum absolute atomic E-state index is 13.1. The number of sulfonamides is 1. The zero-order chi connectivity index (χ0) is 18.1. The van der Waals surface area contributed by atoms with Gasteiger partial charge >= 0.3 is 0 Å². The third-order valence-corrected chi connectivity index (χ3v) is 6.67. The van der Waals surface area contributed by atoms with Crippen molar-refractivity contribution in [2.45, 2.75) is 45.9 Å². The van der Waals surface area contributed by atoms with Gasteiger partial charge in [0.25, 0.3) is 0 Å². The number of carbonyl (C=O) groups is 1. The molecule has 24 heavy (non-hydrogen) atoms. The third-order valence-electron chi connectivity index (χ3n) is 4.46. The van der Waals surface area contributed by atoms with Crippen LogP contribution in [-0.4, -0.2) is 49.7 Å². The molecule has 0 saturated carbocycles. The van der Waals surface area contributed by atoms with Gasteiger partial charge in [-0.25, -0.2) is 8.42 Å². The fraction of sp³-hybridized carbons (Fsp3) is 0.611. The van der Waals surface area contributed by atoms with E-state index >= 15 is 0 Å². The molecular weight excluding hydrogens is 324 g/mol. The van der Waals surface area contributed by atoms with Crippen molar-refractivity contribution in [3.63, 3.8) is 0 Å². The van der Waals surface area contributed by atoms with Crippen LogP contribution in [0.5, 0.6) is 0 Å². The van der Waals surface area contributed by atoms with Gasteiger partial charge < -0.3 is 4.90 Å². The lowest BCUT2D eigenvalue weighted by atomic mass is 10.1. The predicted molar refractivity (Wildman–Crippen MR) is 95.4 cm³/mol. The van der Waals surface area contributed by atoms with Crippen molar-refractivity contribution in [1.82, 2.24) is 9.21 Å². The normalized spacial score (nSPS) is 17.2. The summed E-state index contributed by atoms with van der Waals surface area (Å²) in [5.74, 6) is 0.0340. The molecule has 1 aliphatic heterocycles. The number of rotatable bonds is 3. The maximum atomic E-state index is 13.1. The van der Waals surface area contributed by atoms with Crippen LogP contribution in [0.25, 0.3) is 0 Å². The zero-order valence-electron chi connectivity index (χ0n) is 15.3. The summed E-state index contributed by atoms with van der Waals surface area (Å²) >= 11 is 0. The topological polar surface area (TPSA) is 57.7 Å². The highest BCUT2D eigenvalue weighted by atomic mass is 32.2. The molecule has 0 aromatic heterocycles. The Morgan fingerprint density at radius 1 is 1.00 bits per heavy atom. The molecule has 1 aromatic carbocycles. The molecule has 1 heterocycles. The fourth-order valence-electron chi connectivity index (χ4n) is 3.42. The quantitative estimate of drug-likeness (QED) is 0.840. The van der Waals surface area contributed by atoms with Gasteiger partial charge in [0.05, 0.1) is 4.90 Å². The van der Waals surface area contributed by atoms with Crippen LogP contribution in [0.4, 0.5) is 0 Å². The fourth-order valence-corrected chi connectivity index (χ4v) is 5.30. The van der Waals surface area contributed by atoms with Crippen molar-refractivity contribution < 1.29 is 13.2 Å². The first-order valence-electron chi connectivity index (χ1n) is 8.51. The van der Waals surface area contributed by atoms with Gasteiger partial charge in [-0.2, -0.15) is 4.31 Å². The van der Waals surface area contributed by atoms with Gasteiger partial charge in [-0.3, -0.25) is 4.79 Å². The largest absolute Gasteiger partial charge is 0.341 e. The third kappa shape index (κ3) is 3.81. The molecule has 134 valence electrons. The second-order valence-corrected chi connectivity index (χ2v) is 8.84. The smallest absolute Gasteiger partial charge is 0.243 e. The minimum atomic E-state index is -3.54. The Kier molecular flexibility index (Phi) is 5.71. The summed E-state index contributed by atoms with van der Waals surface area (Å²) < 4.78 is 27.8. The van der Waals surface area contributed by atoms with Gasteiger partial charge in [-0.05, 0) is 38.3 Å². The number of hydrogen-bond donors (Lipinski definition) is 0. The van der Waals surface area contributed by atoms with Gasteiger partial charge in [0.1, 0.15) is 0 Å². The Balaban J connectivity index is 2.27. The van der Waals surface area contributed by atoms with Crippen LogP contribution >= 0.6 is 0 Å². The van der Waals surface area contributed by atoms with Crippen molar-refractivity contribution in [3.8, 4) is 0 Å². The van der Waals surface area contributed by atoms with Crippen molar-refractivity contribution in [1.29, 1.82) is 0 Å². The van der Waals surface area contributed by atoms with E-state index in [1.54, 1.807) is 4.90 Å². The molecule has 0 spiro atoms. The van der Waals surface area contributed by atoms with E-state index in [1.165, 1.54) is 4.31 Å². The second-order valence-electron chi connectivity index (χ2n) is 6.97. The highest BCUT2D eigenvalue weighted by Crippen LogP contribution is 2.26. The first-order chi connectivity index (χ1) is 11.1. The molecule has 0 atom stereocenters. The molecule has 1 aliphatic rings. The summed E-state index contributed by atoms with van der Waals surface area (Å²) in [6.07, 6.45) is 0.668. The SMILES string of the molecule is Cc1cc(C)c(S(=O)(=O)N2CCCN(C(=O)C(C)C)CC2)c(C)c1. The van der Waals surface area contributed by atoms with E-state index in [2.05, 4.69) is 0 Å². The standard InChI is InChI=1S/C18H28N2O3S/c1-13(2)18(21)19-7-6-8-20(10-9-19)24(22,23)17-15(4)11-14(3)12-16(17)5/h11-13H,6-10H2,1-5H3. The molecule has 0 bridgehead atoms. The number of aryl methyl sites for hydroxylation is 3. The Labute approximate surface area is 145 Å². The number of hydrogen-bond acceptors (Lipinski definition) is 3. The first kappa shape index (κ1) is 18.9. The van der Waals surface area contributed by atoms with Gasteiger partial charge in [0, 0.05) is 32.1 Å². The highest BCUT2D eigenvalue weighted by Gasteiger charge is 2.30. The van der Waals surface area contributed by atoms with Crippen LogP contribution < -0.4 is 0 Å². The summed E-state index contributed by atoms with van der Waals surface area (Å²) in [6.45, 7) is 11.3. The van der Waals surface area contributed by atoms with E-state index in [-0.39, 0.29) is 11.8 Å². The minimum Gasteiger partial charge on any atom is -0.341 e. The Bertz CT molecular complexity index is 703. The summed E-state index contributed by atoms with van der Waals surface area (Å²) in [5.41, 5.74) is 2.63. The van der Waals surface area contributed by atoms with Crippen molar-refractivity contribution in [2.75, 3.05) is 26.2 Å². The lowest BCUT2D eigenvalue weighted by molar-refractivity contribution is -0.134. The maximum Gasteiger partial charge on any atom is 0.243 e. The van der Waals surface area contributed by atoms with E-state index in [4.69, 9.17) is 0 Å². The number of amides is 1. The average Bonchev–Trinajstić information content (AvgIpc) is 2.71. The monoisotopic (exact) mass is 352 g/mol. The van der Waals surface area contributed by atoms with Crippen LogP contribution in [0.2, 0.25) is 0 Å². The Morgan fingerprint density at radius 3 is 2.12 bits per heavy atom. The molecule has 6 heteroatoms. The summed E-state index contributed by atoms with van der Waals surface area (Å²) in [5, 5.41) is 0. The summed E-state index contributed by atoms with van der Waals surface area (Å²) in [7, 11) is -3.54. The zero-order valence-corrected chi connectivity index (χ0v) is 16.1. The second kappa shape index (κ2) is 7.23. The Hall–Kier alpha value is -1.40. The van der Waals surface area contributed by atoms with Crippen molar-refractivity contribution in [3.05, 3.63) is 28.8 Å². The average molecular weight is 353 g/mol. The first-order valence-corrected chi connectivity index (χ1v) is 9.95. The molecule has 1 saturated heterocycles. The summed E-state index contributed by atoms with van der Waals surface area (Å²) in [6, 6.07) is 3.82. The molecule has 1 amide bonds. The Morgan fingerprint density at radius 2 is 1.58 bits per heavy atom. The van der Waals surface area contributed by atoms with Crippen molar-refractivity contribution >= 4 is 15.9 Å². The van der Waals surface area contributed by atoms with Crippen LogP contribution in [0.15, 0.2) is 17.0 Å². The molecule has 0 unspecified atom stereocenters. The van der Waals surface area contributed by atoms with Gasteiger partial charge in [-0.1, -0.05) is 31.5 Å². The van der Waals surface area contributed by atoms with E-state index in [9.17, 15) is 13.2 Å². The van der Waals surface area contributed by atoms with E-state index in [0.29, 0.717) is 37.5 Å². The molecule has 2 rings (SSSR count). The summed E-state index contributed by atoms with van der Waals surface area (Å²) in [4.78, 5) is 14.4. The van der Waals surface area contributed by atoms with Crippen LogP contribution in [0.3, 0.4) is 0 Å². The molecule has 5 nitrogen and oxygen atoms in total. The van der Waals surface area contributed by atoms with Crippen LogP contribution in [0.1, 0.15) is 37.0 Å². The minimum absolute atomic E-state index is 0.0604. The van der Waals surface area contributed by atoms with Gasteiger partial charge in [0.2, 0.25) is 15.9 Å². The highest BCUT2D eigenvalue weighted by molar-refractivity contribution is 7.89. The van der Waals surface area contributed by atoms with Gasteiger partial charge in [0.15, 0.2) is 0 Å². The van der Waals surface area contributed by atoms with E-state index in [1.807, 2.05) is 46.8 Å². The lowest BCUT2D eigenvalue weighted by Gasteiger charge is -2.24. The molecular formula is C18H28N2O3S. The number of benzene rings is 1. The molecule has 1 fully saturated rings. The molecule has 1 aromatic rings. The van der Waals surface area contributed by atoms with E-state index in [0.717, 1.165) is 16.7 Å². The van der Waals surface area contributed by atoms with E-state index < -0.39 is 10.0 Å².